The van der Waals surface area contributed by atoms with Gasteiger partial charge in [0.05, 0.1) is 13.2 Å². The van der Waals surface area contributed by atoms with Gasteiger partial charge in [-0.15, -0.1) is 0 Å². The quantitative estimate of drug-likeness (QED) is 0.868. The Morgan fingerprint density at radius 1 is 1.12 bits per heavy atom. The molecule has 0 aliphatic carbocycles. The summed E-state index contributed by atoms with van der Waals surface area (Å²) in [6.45, 7) is 11.1. The molecular formula is C22H28O4. The Balaban J connectivity index is 1.81. The maximum absolute atomic E-state index is 9.53. The number of rotatable bonds is 5. The molecule has 2 aromatic rings. The number of ether oxygens (including phenoxy) is 3. The Kier molecular flexibility index (Phi) is 5.37. The Morgan fingerprint density at radius 3 is 2.54 bits per heavy atom. The molecule has 0 bridgehead atoms. The molecular weight excluding hydrogens is 328 g/mol. The summed E-state index contributed by atoms with van der Waals surface area (Å²) in [5.74, 6) is 0.341. The van der Waals surface area contributed by atoms with Crippen LogP contribution in [0.4, 0.5) is 0 Å². The molecule has 1 heterocycles. The van der Waals surface area contributed by atoms with Crippen molar-refractivity contribution in [1.82, 2.24) is 0 Å². The van der Waals surface area contributed by atoms with E-state index in [0.717, 1.165) is 33.6 Å². The molecule has 1 atom stereocenters. The van der Waals surface area contributed by atoms with Crippen molar-refractivity contribution in [2.45, 2.75) is 53.1 Å². The highest BCUT2D eigenvalue weighted by Crippen LogP contribution is 2.33. The molecule has 1 saturated heterocycles. The normalized spacial score (nSPS) is 18.9. The third-order valence-corrected chi connectivity index (χ3v) is 4.92. The second kappa shape index (κ2) is 7.39. The van der Waals surface area contributed by atoms with Gasteiger partial charge in [-0.3, -0.25) is 0 Å². The first-order valence-corrected chi connectivity index (χ1v) is 9.06. The number of aryl methyl sites for hydroxylation is 2. The Labute approximate surface area is 155 Å². The SMILES string of the molecule is Cc1cc(-c2cccc(CO)c2C)c(C)cc1OC[C@H]1COC(C)(C)O1. The van der Waals surface area contributed by atoms with E-state index in [0.29, 0.717) is 13.2 Å². The number of hydrogen-bond donors (Lipinski definition) is 1. The fourth-order valence-corrected chi connectivity index (χ4v) is 3.41. The smallest absolute Gasteiger partial charge is 0.163 e. The maximum atomic E-state index is 9.53. The van der Waals surface area contributed by atoms with Gasteiger partial charge in [-0.1, -0.05) is 18.2 Å². The Morgan fingerprint density at radius 2 is 1.88 bits per heavy atom. The van der Waals surface area contributed by atoms with Crippen LogP contribution in [0, 0.1) is 20.8 Å². The van der Waals surface area contributed by atoms with E-state index in [4.69, 9.17) is 14.2 Å². The first-order valence-electron chi connectivity index (χ1n) is 9.06. The van der Waals surface area contributed by atoms with E-state index in [2.05, 4.69) is 39.0 Å². The van der Waals surface area contributed by atoms with E-state index in [1.54, 1.807) is 0 Å². The van der Waals surface area contributed by atoms with Crippen molar-refractivity contribution in [3.8, 4) is 16.9 Å². The fourth-order valence-electron chi connectivity index (χ4n) is 3.41. The van der Waals surface area contributed by atoms with Gasteiger partial charge < -0.3 is 19.3 Å². The topological polar surface area (TPSA) is 47.9 Å². The lowest BCUT2D eigenvalue weighted by molar-refractivity contribution is -0.141. The zero-order valence-corrected chi connectivity index (χ0v) is 16.3. The van der Waals surface area contributed by atoms with Crippen LogP contribution in [0.2, 0.25) is 0 Å². The molecule has 1 fully saturated rings. The maximum Gasteiger partial charge on any atom is 0.163 e. The van der Waals surface area contributed by atoms with Crippen molar-refractivity contribution in [3.63, 3.8) is 0 Å². The third-order valence-electron chi connectivity index (χ3n) is 4.92. The van der Waals surface area contributed by atoms with Crippen molar-refractivity contribution in [2.24, 2.45) is 0 Å². The molecule has 0 saturated carbocycles. The van der Waals surface area contributed by atoms with E-state index >= 15 is 0 Å². The molecule has 1 N–H and O–H groups in total. The van der Waals surface area contributed by atoms with Crippen molar-refractivity contribution < 1.29 is 19.3 Å². The van der Waals surface area contributed by atoms with Crippen LogP contribution in [0.25, 0.3) is 11.1 Å². The van der Waals surface area contributed by atoms with Gasteiger partial charge in [0.2, 0.25) is 0 Å². The lowest BCUT2D eigenvalue weighted by Gasteiger charge is -2.19. The highest BCUT2D eigenvalue weighted by Gasteiger charge is 2.33. The summed E-state index contributed by atoms with van der Waals surface area (Å²) in [5, 5.41) is 9.53. The van der Waals surface area contributed by atoms with Gasteiger partial charge in [0.15, 0.2) is 5.79 Å². The molecule has 0 unspecified atom stereocenters. The first kappa shape index (κ1) is 18.9. The number of benzene rings is 2. The summed E-state index contributed by atoms with van der Waals surface area (Å²) in [6.07, 6.45) is -0.0483. The molecule has 1 aliphatic heterocycles. The molecule has 0 spiro atoms. The summed E-state index contributed by atoms with van der Waals surface area (Å²) in [7, 11) is 0. The van der Waals surface area contributed by atoms with Crippen LogP contribution in [0.15, 0.2) is 30.3 Å². The molecule has 4 nitrogen and oxygen atoms in total. The van der Waals surface area contributed by atoms with E-state index in [1.807, 2.05) is 26.0 Å². The minimum Gasteiger partial charge on any atom is -0.491 e. The van der Waals surface area contributed by atoms with Crippen molar-refractivity contribution in [3.05, 3.63) is 52.6 Å². The van der Waals surface area contributed by atoms with Gasteiger partial charge in [0.25, 0.3) is 0 Å². The van der Waals surface area contributed by atoms with Crippen LogP contribution >= 0.6 is 0 Å². The summed E-state index contributed by atoms with van der Waals surface area (Å²) >= 11 is 0. The summed E-state index contributed by atoms with van der Waals surface area (Å²) in [6, 6.07) is 10.3. The summed E-state index contributed by atoms with van der Waals surface area (Å²) in [4.78, 5) is 0. The van der Waals surface area contributed by atoms with Gasteiger partial charge in [-0.05, 0) is 80.1 Å². The van der Waals surface area contributed by atoms with E-state index in [9.17, 15) is 5.11 Å². The lowest BCUT2D eigenvalue weighted by atomic mass is 9.92. The number of hydrogen-bond acceptors (Lipinski definition) is 4. The molecule has 140 valence electrons. The van der Waals surface area contributed by atoms with Gasteiger partial charge in [0, 0.05) is 0 Å². The predicted molar refractivity (Wildman–Crippen MR) is 102 cm³/mol. The van der Waals surface area contributed by atoms with Crippen molar-refractivity contribution >= 4 is 0 Å². The average molecular weight is 356 g/mol. The number of aliphatic hydroxyl groups excluding tert-OH is 1. The number of aliphatic hydroxyl groups is 1. The second-order valence-corrected chi connectivity index (χ2v) is 7.44. The minimum absolute atomic E-state index is 0.0483. The van der Waals surface area contributed by atoms with Crippen LogP contribution in [-0.2, 0) is 16.1 Å². The van der Waals surface area contributed by atoms with E-state index < -0.39 is 5.79 Å². The molecule has 0 radical (unpaired) electrons. The highest BCUT2D eigenvalue weighted by atomic mass is 16.7. The molecule has 2 aromatic carbocycles. The van der Waals surface area contributed by atoms with Crippen LogP contribution < -0.4 is 4.74 Å². The first-order chi connectivity index (χ1) is 12.3. The zero-order valence-electron chi connectivity index (χ0n) is 16.3. The largest absolute Gasteiger partial charge is 0.491 e. The molecule has 3 rings (SSSR count). The van der Waals surface area contributed by atoms with Gasteiger partial charge >= 0.3 is 0 Å². The molecule has 0 amide bonds. The monoisotopic (exact) mass is 356 g/mol. The summed E-state index contributed by atoms with van der Waals surface area (Å²) < 4.78 is 17.4. The van der Waals surface area contributed by atoms with Crippen molar-refractivity contribution in [2.75, 3.05) is 13.2 Å². The van der Waals surface area contributed by atoms with E-state index in [-0.39, 0.29) is 12.7 Å². The molecule has 0 aromatic heterocycles. The average Bonchev–Trinajstić information content (AvgIpc) is 2.95. The Bertz CT molecular complexity index is 795. The standard InChI is InChI=1S/C22H28O4/c1-14-10-21(24-12-18-13-25-22(4,5)26-18)15(2)9-20(14)19-8-6-7-17(11-23)16(19)3/h6-10,18,23H,11-13H2,1-5H3/t18-/m0/s1. The van der Waals surface area contributed by atoms with Crippen LogP contribution in [0.1, 0.15) is 36.1 Å². The molecule has 26 heavy (non-hydrogen) atoms. The highest BCUT2D eigenvalue weighted by molar-refractivity contribution is 5.73. The lowest BCUT2D eigenvalue weighted by Crippen LogP contribution is -2.25. The predicted octanol–water partition coefficient (Wildman–Crippen LogP) is 4.30. The third kappa shape index (κ3) is 3.93. The molecule has 1 aliphatic rings. The van der Waals surface area contributed by atoms with E-state index in [1.165, 1.54) is 5.56 Å². The van der Waals surface area contributed by atoms with Crippen molar-refractivity contribution in [1.29, 1.82) is 0 Å². The zero-order chi connectivity index (χ0) is 18.9. The van der Waals surface area contributed by atoms with Gasteiger partial charge in [-0.25, -0.2) is 0 Å². The van der Waals surface area contributed by atoms with Gasteiger partial charge in [-0.2, -0.15) is 0 Å². The second-order valence-electron chi connectivity index (χ2n) is 7.44. The van der Waals surface area contributed by atoms with Crippen LogP contribution in [0.5, 0.6) is 5.75 Å². The van der Waals surface area contributed by atoms with Crippen LogP contribution in [0.3, 0.4) is 0 Å². The van der Waals surface area contributed by atoms with Crippen LogP contribution in [-0.4, -0.2) is 30.2 Å². The molecule has 4 heteroatoms. The minimum atomic E-state index is -0.530. The summed E-state index contributed by atoms with van der Waals surface area (Å²) in [5.41, 5.74) is 6.62. The fraction of sp³-hybridized carbons (Fsp3) is 0.455. The van der Waals surface area contributed by atoms with Gasteiger partial charge in [0.1, 0.15) is 18.5 Å². The Hall–Kier alpha value is -1.88.